The van der Waals surface area contributed by atoms with E-state index in [1.54, 1.807) is 12.4 Å². The molecule has 0 aliphatic heterocycles. The lowest BCUT2D eigenvalue weighted by Gasteiger charge is -2.03. The van der Waals surface area contributed by atoms with Crippen molar-refractivity contribution in [2.24, 2.45) is 0 Å². The zero-order valence-electron chi connectivity index (χ0n) is 10.4. The fourth-order valence-corrected chi connectivity index (χ4v) is 2.55. The largest absolute Gasteiger partial charge is 0.333 e. The molecule has 0 amide bonds. The van der Waals surface area contributed by atoms with E-state index in [-0.39, 0.29) is 5.82 Å². The van der Waals surface area contributed by atoms with E-state index < -0.39 is 0 Å². The summed E-state index contributed by atoms with van der Waals surface area (Å²) in [6.07, 6.45) is 6.35. The molecule has 0 unspecified atom stereocenters. The zero-order chi connectivity index (χ0) is 13.2. The number of nitrogens with one attached hydrogen (secondary N) is 1. The van der Waals surface area contributed by atoms with Gasteiger partial charge in [0.25, 0.3) is 0 Å². The molecule has 0 spiro atoms. The van der Waals surface area contributed by atoms with Crippen LogP contribution in [0.2, 0.25) is 0 Å². The van der Waals surface area contributed by atoms with E-state index in [4.69, 9.17) is 0 Å². The smallest absolute Gasteiger partial charge is 0.124 e. The molecule has 3 nitrogen and oxygen atoms in total. The van der Waals surface area contributed by atoms with Gasteiger partial charge in [-0.1, -0.05) is 15.9 Å². The number of aromatic nitrogens is 2. The van der Waals surface area contributed by atoms with Crippen molar-refractivity contribution >= 4 is 15.9 Å². The minimum atomic E-state index is -0.222. The Hall–Kier alpha value is -1.20. The molecule has 1 fully saturated rings. The summed E-state index contributed by atoms with van der Waals surface area (Å²) >= 11 is 3.30. The number of benzene rings is 1. The number of hydrogen-bond donors (Lipinski definition) is 1. The Morgan fingerprint density at radius 3 is 2.95 bits per heavy atom. The second-order valence-corrected chi connectivity index (χ2v) is 5.89. The second-order valence-electron chi connectivity index (χ2n) is 4.97. The fourth-order valence-electron chi connectivity index (χ4n) is 2.03. The molecule has 0 bridgehead atoms. The molecule has 2 aromatic rings. The Morgan fingerprint density at radius 1 is 1.37 bits per heavy atom. The van der Waals surface area contributed by atoms with E-state index in [0.29, 0.717) is 12.6 Å². The normalized spacial score (nSPS) is 14.8. The highest BCUT2D eigenvalue weighted by Crippen LogP contribution is 2.19. The third-order valence-electron chi connectivity index (χ3n) is 3.12. The molecule has 0 saturated heterocycles. The molecule has 1 aromatic heterocycles. The van der Waals surface area contributed by atoms with Gasteiger partial charge in [-0.25, -0.2) is 9.37 Å². The number of hydrogen-bond acceptors (Lipinski definition) is 2. The van der Waals surface area contributed by atoms with Gasteiger partial charge in [0.1, 0.15) is 5.82 Å². The van der Waals surface area contributed by atoms with Crippen LogP contribution >= 0.6 is 15.9 Å². The van der Waals surface area contributed by atoms with E-state index in [1.165, 1.54) is 18.9 Å². The van der Waals surface area contributed by atoms with Gasteiger partial charge in [0.2, 0.25) is 0 Å². The molecule has 100 valence electrons. The van der Waals surface area contributed by atoms with Crippen molar-refractivity contribution in [2.75, 3.05) is 0 Å². The summed E-state index contributed by atoms with van der Waals surface area (Å²) in [5.41, 5.74) is 1.95. The first kappa shape index (κ1) is 12.8. The van der Waals surface area contributed by atoms with Gasteiger partial charge in [-0.2, -0.15) is 0 Å². The number of imidazole rings is 1. The van der Waals surface area contributed by atoms with Crippen LogP contribution in [0, 0.1) is 5.82 Å². The van der Waals surface area contributed by atoms with Crippen molar-refractivity contribution < 1.29 is 4.39 Å². The minimum absolute atomic E-state index is 0.222. The molecule has 3 rings (SSSR count). The first-order valence-corrected chi connectivity index (χ1v) is 7.17. The van der Waals surface area contributed by atoms with Crippen LogP contribution in [0.25, 0.3) is 0 Å². The molecule has 1 N–H and O–H groups in total. The Labute approximate surface area is 120 Å². The monoisotopic (exact) mass is 323 g/mol. The molecule has 5 heteroatoms. The second kappa shape index (κ2) is 5.43. The van der Waals surface area contributed by atoms with Crippen LogP contribution in [0.5, 0.6) is 0 Å². The quantitative estimate of drug-likeness (QED) is 0.916. The van der Waals surface area contributed by atoms with Gasteiger partial charge in [-0.05, 0) is 36.6 Å². The molecule has 1 heterocycles. The number of rotatable bonds is 5. The highest BCUT2D eigenvalue weighted by molar-refractivity contribution is 9.10. The van der Waals surface area contributed by atoms with Crippen LogP contribution in [0.4, 0.5) is 4.39 Å². The van der Waals surface area contributed by atoms with E-state index in [0.717, 1.165) is 22.3 Å². The van der Waals surface area contributed by atoms with Gasteiger partial charge in [-0.3, -0.25) is 0 Å². The van der Waals surface area contributed by atoms with Gasteiger partial charge in [-0.15, -0.1) is 0 Å². The Bertz CT molecular complexity index is 558. The number of halogens is 2. The van der Waals surface area contributed by atoms with E-state index in [2.05, 4.69) is 26.2 Å². The summed E-state index contributed by atoms with van der Waals surface area (Å²) in [5.74, 6) is -0.222. The fraction of sp³-hybridized carbons (Fsp3) is 0.357. The maximum absolute atomic E-state index is 13.3. The van der Waals surface area contributed by atoms with Crippen molar-refractivity contribution in [3.8, 4) is 0 Å². The molecule has 1 saturated carbocycles. The van der Waals surface area contributed by atoms with E-state index >= 15 is 0 Å². The van der Waals surface area contributed by atoms with Gasteiger partial charge >= 0.3 is 0 Å². The predicted octanol–water partition coefficient (Wildman–Crippen LogP) is 3.09. The van der Waals surface area contributed by atoms with Gasteiger partial charge < -0.3 is 9.88 Å². The maximum atomic E-state index is 13.3. The molecule has 0 radical (unpaired) electrons. The minimum Gasteiger partial charge on any atom is -0.333 e. The molecular formula is C14H15BrFN3. The first-order chi connectivity index (χ1) is 9.19. The average molecular weight is 324 g/mol. The van der Waals surface area contributed by atoms with E-state index in [1.807, 2.05) is 16.8 Å². The Morgan fingerprint density at radius 2 is 2.21 bits per heavy atom. The number of nitrogens with zero attached hydrogens (tertiary/aromatic N) is 2. The third kappa shape index (κ3) is 3.64. The van der Waals surface area contributed by atoms with Crippen LogP contribution < -0.4 is 5.32 Å². The molecule has 1 aliphatic rings. The van der Waals surface area contributed by atoms with Crippen molar-refractivity contribution in [3.05, 3.63) is 52.3 Å². The molecule has 1 aliphatic carbocycles. The lowest BCUT2D eigenvalue weighted by molar-refractivity contribution is 0.622. The van der Waals surface area contributed by atoms with Gasteiger partial charge in [0.05, 0.1) is 12.0 Å². The molecule has 19 heavy (non-hydrogen) atoms. The van der Waals surface area contributed by atoms with Crippen molar-refractivity contribution in [3.63, 3.8) is 0 Å². The Balaban J connectivity index is 1.65. The molecule has 0 atom stereocenters. The molecule has 1 aromatic carbocycles. The lowest BCUT2D eigenvalue weighted by atomic mass is 10.2. The highest BCUT2D eigenvalue weighted by Gasteiger charge is 2.20. The van der Waals surface area contributed by atoms with Gasteiger partial charge in [0, 0.05) is 29.8 Å². The predicted molar refractivity (Wildman–Crippen MR) is 75.3 cm³/mol. The van der Waals surface area contributed by atoms with Crippen LogP contribution in [-0.2, 0) is 13.1 Å². The van der Waals surface area contributed by atoms with Crippen LogP contribution in [0.15, 0.2) is 35.2 Å². The first-order valence-electron chi connectivity index (χ1n) is 6.38. The lowest BCUT2D eigenvalue weighted by Crippen LogP contribution is -2.15. The Kier molecular flexibility index (Phi) is 3.66. The van der Waals surface area contributed by atoms with E-state index in [9.17, 15) is 4.39 Å². The summed E-state index contributed by atoms with van der Waals surface area (Å²) in [7, 11) is 0. The van der Waals surface area contributed by atoms with Crippen molar-refractivity contribution in [1.29, 1.82) is 0 Å². The third-order valence-corrected chi connectivity index (χ3v) is 3.58. The summed E-state index contributed by atoms with van der Waals surface area (Å²) in [4.78, 5) is 4.35. The van der Waals surface area contributed by atoms with Crippen molar-refractivity contribution in [1.82, 2.24) is 14.9 Å². The van der Waals surface area contributed by atoms with Crippen LogP contribution in [0.1, 0.15) is 24.1 Å². The summed E-state index contributed by atoms with van der Waals surface area (Å²) in [6.45, 7) is 1.44. The van der Waals surface area contributed by atoms with Crippen LogP contribution in [-0.4, -0.2) is 15.6 Å². The highest BCUT2D eigenvalue weighted by atomic mass is 79.9. The SMILES string of the molecule is Fc1cc(Br)cc(Cn2cnc(CNC3CC3)c2)c1. The topological polar surface area (TPSA) is 29.9 Å². The average Bonchev–Trinajstić information content (AvgIpc) is 3.06. The van der Waals surface area contributed by atoms with Crippen LogP contribution in [0.3, 0.4) is 0 Å². The van der Waals surface area contributed by atoms with Gasteiger partial charge in [0.15, 0.2) is 0 Å². The maximum Gasteiger partial charge on any atom is 0.124 e. The summed E-state index contributed by atoms with van der Waals surface area (Å²) < 4.78 is 16.0. The van der Waals surface area contributed by atoms with Crippen molar-refractivity contribution in [2.45, 2.75) is 32.0 Å². The molecular weight excluding hydrogens is 309 g/mol. The standard InChI is InChI=1S/C14H15BrFN3/c15-11-3-10(4-12(16)5-11)7-19-8-14(18-9-19)6-17-13-1-2-13/h3-5,8-9,13,17H,1-2,6-7H2. The zero-order valence-corrected chi connectivity index (χ0v) is 12.0. The summed E-state index contributed by atoms with van der Waals surface area (Å²) in [5, 5.41) is 3.42. The summed E-state index contributed by atoms with van der Waals surface area (Å²) in [6, 6.07) is 5.62.